The maximum Gasteiger partial charge on any atom is 0.321 e. The van der Waals surface area contributed by atoms with E-state index < -0.39 is 0 Å². The Labute approximate surface area is 130 Å². The highest BCUT2D eigenvalue weighted by Gasteiger charge is 2.21. The zero-order chi connectivity index (χ0) is 15.2. The predicted octanol–water partition coefficient (Wildman–Crippen LogP) is 3.06. The number of nitrogens with one attached hydrogen (secondary N) is 1. The van der Waals surface area contributed by atoms with Crippen molar-refractivity contribution in [1.82, 2.24) is 9.88 Å². The van der Waals surface area contributed by atoms with Crippen LogP contribution < -0.4 is 5.32 Å². The highest BCUT2D eigenvalue weighted by molar-refractivity contribution is 6.31. The quantitative estimate of drug-likeness (QED) is 0.901. The van der Waals surface area contributed by atoms with Crippen LogP contribution in [0.15, 0.2) is 12.4 Å². The van der Waals surface area contributed by atoms with E-state index in [9.17, 15) is 4.79 Å². The predicted molar refractivity (Wildman–Crippen MR) is 83.6 cm³/mol. The number of hydrogen-bond donors (Lipinski definition) is 2. The summed E-state index contributed by atoms with van der Waals surface area (Å²) in [7, 11) is 0. The number of likely N-dealkylation sites (tertiary alicyclic amines) is 1. The normalized spacial score (nSPS) is 19.2. The van der Waals surface area contributed by atoms with Crippen molar-refractivity contribution in [2.75, 3.05) is 25.0 Å². The van der Waals surface area contributed by atoms with Gasteiger partial charge in [0, 0.05) is 25.9 Å². The molecule has 1 aliphatic heterocycles. The molecule has 0 spiro atoms. The van der Waals surface area contributed by atoms with Gasteiger partial charge in [-0.05, 0) is 44.1 Å². The molecule has 2 amide bonds. The summed E-state index contributed by atoms with van der Waals surface area (Å²) in [4.78, 5) is 18.2. The van der Waals surface area contributed by atoms with E-state index >= 15 is 0 Å². The second-order valence-electron chi connectivity index (χ2n) is 5.52. The molecule has 0 aromatic carbocycles. The van der Waals surface area contributed by atoms with Crippen molar-refractivity contribution in [3.63, 3.8) is 0 Å². The Kier molecular flexibility index (Phi) is 5.82. The Bertz CT molecular complexity index is 496. The third-order valence-electron chi connectivity index (χ3n) is 4.07. The summed E-state index contributed by atoms with van der Waals surface area (Å²) < 4.78 is 0. The number of urea groups is 1. The van der Waals surface area contributed by atoms with Crippen molar-refractivity contribution >= 4 is 23.3 Å². The molecule has 1 fully saturated rings. The van der Waals surface area contributed by atoms with Crippen molar-refractivity contribution < 1.29 is 9.90 Å². The fourth-order valence-electron chi connectivity index (χ4n) is 2.66. The van der Waals surface area contributed by atoms with Gasteiger partial charge in [-0.2, -0.15) is 0 Å². The van der Waals surface area contributed by atoms with Crippen molar-refractivity contribution in [3.05, 3.63) is 23.0 Å². The monoisotopic (exact) mass is 311 g/mol. The average molecular weight is 312 g/mol. The van der Waals surface area contributed by atoms with Gasteiger partial charge < -0.3 is 15.3 Å². The van der Waals surface area contributed by atoms with Crippen LogP contribution in [0.25, 0.3) is 0 Å². The lowest BCUT2D eigenvalue weighted by Crippen LogP contribution is -2.36. The fourth-order valence-corrected chi connectivity index (χ4v) is 2.82. The smallest absolute Gasteiger partial charge is 0.321 e. The van der Waals surface area contributed by atoms with Crippen LogP contribution >= 0.6 is 11.6 Å². The summed E-state index contributed by atoms with van der Waals surface area (Å²) >= 11 is 6.01. The number of aliphatic hydroxyl groups is 1. The van der Waals surface area contributed by atoms with Crippen LogP contribution in [0.1, 0.15) is 31.2 Å². The number of pyridine rings is 1. The van der Waals surface area contributed by atoms with Gasteiger partial charge in [0.25, 0.3) is 0 Å². The van der Waals surface area contributed by atoms with E-state index in [1.165, 1.54) is 0 Å². The van der Waals surface area contributed by atoms with E-state index in [2.05, 4.69) is 10.3 Å². The Morgan fingerprint density at radius 1 is 1.48 bits per heavy atom. The van der Waals surface area contributed by atoms with Crippen LogP contribution in [-0.2, 0) is 0 Å². The van der Waals surface area contributed by atoms with E-state index in [0.717, 1.165) is 44.3 Å². The van der Waals surface area contributed by atoms with Crippen LogP contribution in [0.5, 0.6) is 0 Å². The maximum atomic E-state index is 12.3. The minimum absolute atomic E-state index is 0.105. The van der Waals surface area contributed by atoms with Crippen LogP contribution in [0.2, 0.25) is 5.02 Å². The zero-order valence-electron chi connectivity index (χ0n) is 12.3. The number of nitrogens with zero attached hydrogens (tertiary/aromatic N) is 2. The molecule has 116 valence electrons. The van der Waals surface area contributed by atoms with Gasteiger partial charge in [-0.1, -0.05) is 11.6 Å². The molecule has 1 aromatic rings. The Balaban J connectivity index is 1.95. The largest absolute Gasteiger partial charge is 0.396 e. The lowest BCUT2D eigenvalue weighted by molar-refractivity contribution is 0.211. The number of carbonyl (C=O) groups excluding carboxylic acids is 1. The van der Waals surface area contributed by atoms with E-state index in [-0.39, 0.29) is 12.6 Å². The molecule has 1 saturated heterocycles. The lowest BCUT2D eigenvalue weighted by atomic mass is 9.98. The third kappa shape index (κ3) is 4.32. The molecule has 21 heavy (non-hydrogen) atoms. The molecule has 1 aromatic heterocycles. The number of halogens is 1. The van der Waals surface area contributed by atoms with Crippen molar-refractivity contribution in [1.29, 1.82) is 0 Å². The summed E-state index contributed by atoms with van der Waals surface area (Å²) in [5, 5.41) is 12.5. The number of amides is 2. The highest BCUT2D eigenvalue weighted by Crippen LogP contribution is 2.23. The second kappa shape index (κ2) is 7.61. The number of aliphatic hydroxyl groups excluding tert-OH is 1. The molecular weight excluding hydrogens is 290 g/mol. The van der Waals surface area contributed by atoms with Gasteiger partial charge >= 0.3 is 6.03 Å². The van der Waals surface area contributed by atoms with E-state index in [4.69, 9.17) is 16.7 Å². The number of hydrogen-bond acceptors (Lipinski definition) is 3. The van der Waals surface area contributed by atoms with Gasteiger partial charge in [0.1, 0.15) is 0 Å². The first-order valence-corrected chi connectivity index (χ1v) is 7.76. The van der Waals surface area contributed by atoms with E-state index in [0.29, 0.717) is 16.6 Å². The van der Waals surface area contributed by atoms with E-state index in [1.807, 2.05) is 11.8 Å². The number of anilines is 1. The summed E-state index contributed by atoms with van der Waals surface area (Å²) in [6.45, 7) is 3.56. The van der Waals surface area contributed by atoms with Gasteiger partial charge in [-0.25, -0.2) is 4.79 Å². The van der Waals surface area contributed by atoms with Crippen molar-refractivity contribution in [3.8, 4) is 0 Å². The molecule has 2 heterocycles. The number of aromatic nitrogens is 1. The first-order chi connectivity index (χ1) is 10.1. The molecule has 1 aliphatic rings. The standard InChI is InChI=1S/C15H22ClN3O2/c1-11-13(16)9-17-10-14(11)18-15(21)19-6-2-3-12(4-7-19)5-8-20/h9-10,12,20H,2-8H2,1H3,(H,18,21). The second-order valence-corrected chi connectivity index (χ2v) is 5.93. The van der Waals surface area contributed by atoms with E-state index in [1.54, 1.807) is 12.4 Å². The van der Waals surface area contributed by atoms with Gasteiger partial charge in [-0.3, -0.25) is 4.98 Å². The maximum absolute atomic E-state index is 12.3. The molecule has 1 atom stereocenters. The fraction of sp³-hybridized carbons (Fsp3) is 0.600. The van der Waals surface area contributed by atoms with Crippen LogP contribution in [0.4, 0.5) is 10.5 Å². The molecule has 1 unspecified atom stereocenters. The first kappa shape index (κ1) is 16.0. The SMILES string of the molecule is Cc1c(Cl)cncc1NC(=O)N1CCCC(CCO)CC1. The Morgan fingerprint density at radius 2 is 2.29 bits per heavy atom. The minimum Gasteiger partial charge on any atom is -0.396 e. The number of rotatable bonds is 3. The van der Waals surface area contributed by atoms with Gasteiger partial charge in [0.05, 0.1) is 16.9 Å². The van der Waals surface area contributed by atoms with Crippen LogP contribution in [0.3, 0.4) is 0 Å². The molecule has 0 bridgehead atoms. The molecule has 2 rings (SSSR count). The van der Waals surface area contributed by atoms with Gasteiger partial charge in [-0.15, -0.1) is 0 Å². The summed E-state index contributed by atoms with van der Waals surface area (Å²) in [6.07, 6.45) is 7.00. The molecule has 5 nitrogen and oxygen atoms in total. The number of carbonyl (C=O) groups is 1. The summed E-state index contributed by atoms with van der Waals surface area (Å²) in [5.41, 5.74) is 1.48. The molecule has 0 aliphatic carbocycles. The molecule has 2 N–H and O–H groups in total. The summed E-state index contributed by atoms with van der Waals surface area (Å²) in [5.74, 6) is 0.516. The Hall–Kier alpha value is -1.33. The highest BCUT2D eigenvalue weighted by atomic mass is 35.5. The molecular formula is C15H22ClN3O2. The van der Waals surface area contributed by atoms with Gasteiger partial charge in [0.2, 0.25) is 0 Å². The Morgan fingerprint density at radius 3 is 3.05 bits per heavy atom. The molecule has 0 saturated carbocycles. The lowest BCUT2D eigenvalue weighted by Gasteiger charge is -2.21. The van der Waals surface area contributed by atoms with Crippen LogP contribution in [-0.4, -0.2) is 40.7 Å². The third-order valence-corrected chi connectivity index (χ3v) is 4.45. The van der Waals surface area contributed by atoms with Gasteiger partial charge in [0.15, 0.2) is 0 Å². The van der Waals surface area contributed by atoms with Crippen LogP contribution in [0, 0.1) is 12.8 Å². The topological polar surface area (TPSA) is 65.5 Å². The minimum atomic E-state index is -0.105. The molecule has 6 heteroatoms. The molecule has 0 radical (unpaired) electrons. The summed E-state index contributed by atoms with van der Waals surface area (Å²) in [6, 6.07) is -0.105. The zero-order valence-corrected chi connectivity index (χ0v) is 13.1. The average Bonchev–Trinajstić information content (AvgIpc) is 2.70. The van der Waals surface area contributed by atoms with Crippen molar-refractivity contribution in [2.24, 2.45) is 5.92 Å². The van der Waals surface area contributed by atoms with Crippen molar-refractivity contribution in [2.45, 2.75) is 32.6 Å². The first-order valence-electron chi connectivity index (χ1n) is 7.38.